The van der Waals surface area contributed by atoms with Crippen LogP contribution in [0, 0.1) is 6.92 Å². The minimum absolute atomic E-state index is 0.121. The van der Waals surface area contributed by atoms with Crippen molar-refractivity contribution in [3.8, 4) is 5.75 Å². The van der Waals surface area contributed by atoms with Gasteiger partial charge in [-0.1, -0.05) is 11.2 Å². The van der Waals surface area contributed by atoms with Crippen molar-refractivity contribution in [3.63, 3.8) is 0 Å². The number of carboxylic acid groups (broad SMARTS) is 1. The van der Waals surface area contributed by atoms with Crippen LogP contribution in [0.1, 0.15) is 41.3 Å². The number of benzene rings is 1. The predicted molar refractivity (Wildman–Crippen MR) is 86.1 cm³/mol. The summed E-state index contributed by atoms with van der Waals surface area (Å²) in [6.07, 6.45) is 2.10. The zero-order valence-electron chi connectivity index (χ0n) is 13.8. The number of carbonyl (C=O) groups is 2. The summed E-state index contributed by atoms with van der Waals surface area (Å²) in [5.74, 6) is 0.0848. The highest BCUT2D eigenvalue weighted by Crippen LogP contribution is 2.22. The van der Waals surface area contributed by atoms with E-state index in [0.717, 1.165) is 12.8 Å². The Labute approximate surface area is 144 Å². The van der Waals surface area contributed by atoms with E-state index < -0.39 is 12.0 Å². The fourth-order valence-electron chi connectivity index (χ4n) is 2.86. The van der Waals surface area contributed by atoms with E-state index in [1.807, 2.05) is 0 Å². The van der Waals surface area contributed by atoms with E-state index in [1.165, 1.54) is 4.90 Å². The first-order chi connectivity index (χ1) is 12.0. The van der Waals surface area contributed by atoms with Crippen LogP contribution in [0.25, 0.3) is 0 Å². The molecule has 1 aliphatic heterocycles. The molecule has 0 bridgehead atoms. The molecule has 3 rings (SSSR count). The highest BCUT2D eigenvalue weighted by Gasteiger charge is 2.32. The third kappa shape index (κ3) is 3.96. The fraction of sp³-hybridized carbons (Fsp3) is 0.412. The number of hydrogen-bond acceptors (Lipinski definition) is 6. The van der Waals surface area contributed by atoms with Crippen molar-refractivity contribution in [2.45, 2.75) is 38.8 Å². The lowest BCUT2D eigenvalue weighted by molar-refractivity contribution is -0.143. The molecule has 1 saturated heterocycles. The van der Waals surface area contributed by atoms with Crippen LogP contribution in [-0.4, -0.2) is 44.6 Å². The van der Waals surface area contributed by atoms with Crippen molar-refractivity contribution in [2.24, 2.45) is 0 Å². The molecule has 132 valence electrons. The van der Waals surface area contributed by atoms with E-state index >= 15 is 0 Å². The maximum absolute atomic E-state index is 12.7. The van der Waals surface area contributed by atoms with E-state index in [-0.39, 0.29) is 12.5 Å². The monoisotopic (exact) mass is 345 g/mol. The van der Waals surface area contributed by atoms with Crippen LogP contribution in [0.2, 0.25) is 0 Å². The molecule has 8 nitrogen and oxygen atoms in total. The van der Waals surface area contributed by atoms with Gasteiger partial charge in [0.1, 0.15) is 11.8 Å². The SMILES string of the molecule is Cc1nc(COc2cccc(C(=O)N3CCCC[C@@H]3C(=O)O)c2)no1. The Balaban J connectivity index is 1.71. The zero-order valence-corrected chi connectivity index (χ0v) is 13.8. The third-order valence-corrected chi connectivity index (χ3v) is 4.07. The average molecular weight is 345 g/mol. The quantitative estimate of drug-likeness (QED) is 0.884. The Hall–Kier alpha value is -2.90. The van der Waals surface area contributed by atoms with Crippen LogP contribution in [-0.2, 0) is 11.4 Å². The minimum Gasteiger partial charge on any atom is -0.485 e. The second-order valence-electron chi connectivity index (χ2n) is 5.89. The van der Waals surface area contributed by atoms with Gasteiger partial charge in [0, 0.05) is 19.0 Å². The molecule has 2 aromatic rings. The molecule has 1 aromatic heterocycles. The molecule has 25 heavy (non-hydrogen) atoms. The lowest BCUT2D eigenvalue weighted by Crippen LogP contribution is -2.47. The summed E-state index contributed by atoms with van der Waals surface area (Å²) in [6, 6.07) is 5.90. The number of aryl methyl sites for hydroxylation is 1. The van der Waals surface area contributed by atoms with Crippen molar-refractivity contribution in [1.29, 1.82) is 0 Å². The van der Waals surface area contributed by atoms with Gasteiger partial charge >= 0.3 is 5.97 Å². The summed E-state index contributed by atoms with van der Waals surface area (Å²) < 4.78 is 10.5. The minimum atomic E-state index is -0.965. The summed E-state index contributed by atoms with van der Waals surface area (Å²) in [5.41, 5.74) is 0.398. The Morgan fingerprint density at radius 3 is 2.96 bits per heavy atom. The number of hydrogen-bond donors (Lipinski definition) is 1. The van der Waals surface area contributed by atoms with Crippen LogP contribution in [0.4, 0.5) is 0 Å². The molecule has 0 saturated carbocycles. The largest absolute Gasteiger partial charge is 0.485 e. The maximum atomic E-state index is 12.7. The number of amides is 1. The molecule has 1 atom stereocenters. The predicted octanol–water partition coefficient (Wildman–Crippen LogP) is 2.04. The molecule has 2 heterocycles. The van der Waals surface area contributed by atoms with Gasteiger partial charge < -0.3 is 19.3 Å². The molecule has 0 spiro atoms. The Kier molecular flexibility index (Phi) is 4.97. The standard InChI is InChI=1S/C17H19N3O5/c1-11-18-15(19-25-11)10-24-13-6-4-5-12(9-13)16(21)20-8-3-2-7-14(20)17(22)23/h4-6,9,14H,2-3,7-8,10H2,1H3,(H,22,23)/t14-/m1/s1. The molecule has 0 aliphatic carbocycles. The number of piperidine rings is 1. The van der Waals surface area contributed by atoms with Crippen LogP contribution in [0.3, 0.4) is 0 Å². The Morgan fingerprint density at radius 1 is 1.40 bits per heavy atom. The summed E-state index contributed by atoms with van der Waals surface area (Å²) in [6.45, 7) is 2.26. The third-order valence-electron chi connectivity index (χ3n) is 4.07. The summed E-state index contributed by atoms with van der Waals surface area (Å²) >= 11 is 0. The first-order valence-electron chi connectivity index (χ1n) is 8.10. The van der Waals surface area contributed by atoms with Gasteiger partial charge in [-0.25, -0.2) is 4.79 Å². The fourth-order valence-corrected chi connectivity index (χ4v) is 2.86. The van der Waals surface area contributed by atoms with Crippen molar-refractivity contribution in [2.75, 3.05) is 6.54 Å². The molecule has 1 fully saturated rings. The summed E-state index contributed by atoms with van der Waals surface area (Å²) in [7, 11) is 0. The molecular weight excluding hydrogens is 326 g/mol. The van der Waals surface area contributed by atoms with Crippen molar-refractivity contribution in [3.05, 3.63) is 41.5 Å². The van der Waals surface area contributed by atoms with Gasteiger partial charge in [0.05, 0.1) is 0 Å². The van der Waals surface area contributed by atoms with E-state index in [2.05, 4.69) is 10.1 Å². The topological polar surface area (TPSA) is 106 Å². The van der Waals surface area contributed by atoms with Gasteiger partial charge in [-0.05, 0) is 37.5 Å². The smallest absolute Gasteiger partial charge is 0.326 e. The van der Waals surface area contributed by atoms with E-state index in [0.29, 0.717) is 36.0 Å². The number of aromatic nitrogens is 2. The van der Waals surface area contributed by atoms with Gasteiger partial charge in [0.15, 0.2) is 6.61 Å². The molecule has 0 unspecified atom stereocenters. The second kappa shape index (κ2) is 7.33. The van der Waals surface area contributed by atoms with E-state index in [9.17, 15) is 14.7 Å². The van der Waals surface area contributed by atoms with Gasteiger partial charge in [-0.2, -0.15) is 4.98 Å². The average Bonchev–Trinajstić information content (AvgIpc) is 3.05. The molecule has 0 radical (unpaired) electrons. The lowest BCUT2D eigenvalue weighted by atomic mass is 10.0. The van der Waals surface area contributed by atoms with Gasteiger partial charge in [-0.3, -0.25) is 4.79 Å². The van der Waals surface area contributed by atoms with Gasteiger partial charge in [0.2, 0.25) is 11.7 Å². The first kappa shape index (κ1) is 16.9. The van der Waals surface area contributed by atoms with Gasteiger partial charge in [0.25, 0.3) is 5.91 Å². The number of ether oxygens (including phenoxy) is 1. The van der Waals surface area contributed by atoms with Crippen LogP contribution in [0.15, 0.2) is 28.8 Å². The maximum Gasteiger partial charge on any atom is 0.326 e. The number of aliphatic carboxylic acids is 1. The van der Waals surface area contributed by atoms with Gasteiger partial charge in [-0.15, -0.1) is 0 Å². The number of likely N-dealkylation sites (tertiary alicyclic amines) is 1. The lowest BCUT2D eigenvalue weighted by Gasteiger charge is -2.33. The first-order valence-corrected chi connectivity index (χ1v) is 8.10. The highest BCUT2D eigenvalue weighted by atomic mass is 16.5. The second-order valence-corrected chi connectivity index (χ2v) is 5.89. The highest BCUT2D eigenvalue weighted by molar-refractivity contribution is 5.97. The number of nitrogens with zero attached hydrogens (tertiary/aromatic N) is 3. The Bertz CT molecular complexity index is 773. The van der Waals surface area contributed by atoms with E-state index in [1.54, 1.807) is 31.2 Å². The molecule has 8 heteroatoms. The zero-order chi connectivity index (χ0) is 17.8. The molecule has 1 aromatic carbocycles. The summed E-state index contributed by atoms with van der Waals surface area (Å²) in [4.78, 5) is 29.6. The van der Waals surface area contributed by atoms with Crippen LogP contribution >= 0.6 is 0 Å². The molecule has 1 N–H and O–H groups in total. The van der Waals surface area contributed by atoms with E-state index in [4.69, 9.17) is 9.26 Å². The van der Waals surface area contributed by atoms with Crippen LogP contribution < -0.4 is 4.74 Å². The van der Waals surface area contributed by atoms with Crippen molar-refractivity contribution < 1.29 is 24.0 Å². The number of carboxylic acids is 1. The summed E-state index contributed by atoms with van der Waals surface area (Å²) in [5, 5.41) is 13.1. The number of carbonyl (C=O) groups excluding carboxylic acids is 1. The number of rotatable bonds is 5. The normalized spacial score (nSPS) is 17.3. The molecule has 1 aliphatic rings. The van der Waals surface area contributed by atoms with Crippen LogP contribution in [0.5, 0.6) is 5.75 Å². The van der Waals surface area contributed by atoms with Crippen molar-refractivity contribution >= 4 is 11.9 Å². The van der Waals surface area contributed by atoms with Crippen molar-refractivity contribution in [1.82, 2.24) is 15.0 Å². The molecular formula is C17H19N3O5. The molecule has 1 amide bonds. The Morgan fingerprint density at radius 2 is 2.24 bits per heavy atom.